The molecule has 3 aromatic rings. The number of carbonyl (C=O) groups is 1. The lowest BCUT2D eigenvalue weighted by Gasteiger charge is -2.35. The number of hydrogen-bond acceptors (Lipinski definition) is 5. The summed E-state index contributed by atoms with van der Waals surface area (Å²) in [6, 6.07) is 13.4. The summed E-state index contributed by atoms with van der Waals surface area (Å²) in [5.41, 5.74) is 4.26. The van der Waals surface area contributed by atoms with E-state index in [1.165, 1.54) is 0 Å². The molecule has 0 saturated carbocycles. The largest absolute Gasteiger partial charge is 0.339 e. The minimum absolute atomic E-state index is 0.0673. The van der Waals surface area contributed by atoms with Gasteiger partial charge in [0.05, 0.1) is 28.5 Å². The van der Waals surface area contributed by atoms with Gasteiger partial charge in [0.2, 0.25) is 5.91 Å². The van der Waals surface area contributed by atoms with E-state index in [1.807, 2.05) is 43.3 Å². The van der Waals surface area contributed by atoms with Crippen molar-refractivity contribution in [2.24, 2.45) is 9.98 Å². The van der Waals surface area contributed by atoms with Crippen LogP contribution in [0.2, 0.25) is 5.02 Å². The average Bonchev–Trinajstić information content (AvgIpc) is 3.12. The smallest absolute Gasteiger partial charge is 0.219 e. The monoisotopic (exact) mass is 477 g/mol. The maximum atomic E-state index is 11.4. The fourth-order valence-corrected chi connectivity index (χ4v) is 4.37. The van der Waals surface area contributed by atoms with E-state index >= 15 is 0 Å². The van der Waals surface area contributed by atoms with Gasteiger partial charge in [-0.3, -0.25) is 24.8 Å². The molecule has 0 aliphatic carbocycles. The number of likely N-dealkylation sites (tertiary alicyclic amines) is 1. The van der Waals surface area contributed by atoms with Crippen LogP contribution in [-0.4, -0.2) is 63.9 Å². The first-order valence-corrected chi connectivity index (χ1v) is 11.5. The van der Waals surface area contributed by atoms with Gasteiger partial charge in [0.15, 0.2) is 0 Å². The number of hydrogen-bond donors (Lipinski definition) is 2. The molecule has 3 heterocycles. The Bertz CT molecular complexity index is 1380. The average molecular weight is 478 g/mol. The topological polar surface area (TPSA) is 103 Å². The van der Waals surface area contributed by atoms with Crippen molar-refractivity contribution in [3.63, 3.8) is 0 Å². The molecule has 1 saturated heterocycles. The molecule has 1 amide bonds. The number of nitrogens with zero attached hydrogens (tertiary/aromatic N) is 5. The summed E-state index contributed by atoms with van der Waals surface area (Å²) >= 11 is 6.22. The molecular formula is C25H28ClN7O. The van der Waals surface area contributed by atoms with E-state index in [0.29, 0.717) is 48.1 Å². The van der Waals surface area contributed by atoms with Crippen LogP contribution in [0.15, 0.2) is 52.4 Å². The van der Waals surface area contributed by atoms with Crippen molar-refractivity contribution in [2.75, 3.05) is 20.1 Å². The fourth-order valence-electron chi connectivity index (χ4n) is 4.16. The third-order valence-electron chi connectivity index (χ3n) is 6.10. The first-order chi connectivity index (χ1) is 16.3. The Morgan fingerprint density at radius 2 is 1.94 bits per heavy atom. The third kappa shape index (κ3) is 4.72. The zero-order chi connectivity index (χ0) is 24.4. The van der Waals surface area contributed by atoms with Crippen LogP contribution in [0.4, 0.5) is 0 Å². The van der Waals surface area contributed by atoms with Gasteiger partial charge in [-0.25, -0.2) is 0 Å². The molecule has 2 aromatic heterocycles. The summed E-state index contributed by atoms with van der Waals surface area (Å²) in [5.74, 6) is 0.771. The highest BCUT2D eigenvalue weighted by Gasteiger charge is 2.27. The van der Waals surface area contributed by atoms with E-state index in [9.17, 15) is 4.79 Å². The highest BCUT2D eigenvalue weighted by Crippen LogP contribution is 2.23. The highest BCUT2D eigenvalue weighted by molar-refractivity contribution is 6.30. The standard InChI is InChI=1S/C25H28ClN7O/c1-16(29-3)33-24-12-23(21(27)9-10-30-20-14-31(15-20)17(2)34)32(22(24)7-8-25(33)28)13-18-5-4-6-19(26)11-18/h4-8,10-12,20,27-28H,9,13-15H2,1-3H3. The van der Waals surface area contributed by atoms with Gasteiger partial charge in [0, 0.05) is 51.3 Å². The van der Waals surface area contributed by atoms with Crippen LogP contribution in [0.25, 0.3) is 11.0 Å². The van der Waals surface area contributed by atoms with Crippen molar-refractivity contribution in [1.29, 1.82) is 10.8 Å². The Morgan fingerprint density at radius 3 is 2.62 bits per heavy atom. The van der Waals surface area contributed by atoms with Gasteiger partial charge < -0.3 is 14.9 Å². The summed E-state index contributed by atoms with van der Waals surface area (Å²) in [4.78, 5) is 21.9. The van der Waals surface area contributed by atoms with Gasteiger partial charge in [-0.15, -0.1) is 0 Å². The van der Waals surface area contributed by atoms with Crippen molar-refractivity contribution in [2.45, 2.75) is 32.9 Å². The van der Waals surface area contributed by atoms with Crippen molar-refractivity contribution < 1.29 is 4.79 Å². The number of amides is 1. The van der Waals surface area contributed by atoms with E-state index in [0.717, 1.165) is 22.3 Å². The molecule has 0 spiro atoms. The molecule has 34 heavy (non-hydrogen) atoms. The second-order valence-corrected chi connectivity index (χ2v) is 8.87. The van der Waals surface area contributed by atoms with E-state index in [1.54, 1.807) is 35.7 Å². The van der Waals surface area contributed by atoms with Gasteiger partial charge in [0.25, 0.3) is 0 Å². The van der Waals surface area contributed by atoms with Crippen LogP contribution in [-0.2, 0) is 11.3 Å². The van der Waals surface area contributed by atoms with E-state index < -0.39 is 0 Å². The molecule has 9 heteroatoms. The van der Waals surface area contributed by atoms with Crippen LogP contribution in [0.1, 0.15) is 31.5 Å². The lowest BCUT2D eigenvalue weighted by molar-refractivity contribution is -0.132. The molecule has 1 aliphatic rings. The third-order valence-corrected chi connectivity index (χ3v) is 6.34. The number of halogens is 1. The van der Waals surface area contributed by atoms with Crippen molar-refractivity contribution >= 4 is 46.3 Å². The number of nitrogens with one attached hydrogen (secondary N) is 2. The molecule has 8 nitrogen and oxygen atoms in total. The van der Waals surface area contributed by atoms with Gasteiger partial charge in [-0.1, -0.05) is 23.7 Å². The molecule has 176 valence electrons. The van der Waals surface area contributed by atoms with Gasteiger partial charge >= 0.3 is 0 Å². The summed E-state index contributed by atoms with van der Waals surface area (Å²) in [6.45, 7) is 5.24. The van der Waals surface area contributed by atoms with Gasteiger partial charge in [0.1, 0.15) is 11.3 Å². The summed E-state index contributed by atoms with van der Waals surface area (Å²) in [5, 5.41) is 17.9. The Balaban J connectivity index is 1.70. The van der Waals surface area contributed by atoms with Crippen LogP contribution in [0.3, 0.4) is 0 Å². The maximum absolute atomic E-state index is 11.4. The lowest BCUT2D eigenvalue weighted by Crippen LogP contribution is -2.51. The number of rotatable bonds is 6. The zero-order valence-corrected chi connectivity index (χ0v) is 20.3. The Hall–Kier alpha value is -3.52. The lowest BCUT2D eigenvalue weighted by atomic mass is 10.1. The first kappa shape index (κ1) is 23.6. The van der Waals surface area contributed by atoms with Crippen molar-refractivity contribution in [1.82, 2.24) is 14.0 Å². The molecule has 1 aliphatic heterocycles. The maximum Gasteiger partial charge on any atom is 0.219 e. The Labute approximate surface area is 203 Å². The minimum atomic E-state index is 0.0673. The van der Waals surface area contributed by atoms with Crippen molar-refractivity contribution in [3.8, 4) is 0 Å². The second kappa shape index (κ2) is 9.77. The predicted octanol–water partition coefficient (Wildman–Crippen LogP) is 3.58. The first-order valence-electron chi connectivity index (χ1n) is 11.1. The van der Waals surface area contributed by atoms with Crippen molar-refractivity contribution in [3.05, 3.63) is 64.2 Å². The summed E-state index contributed by atoms with van der Waals surface area (Å²) in [7, 11) is 1.71. The van der Waals surface area contributed by atoms with Gasteiger partial charge in [-0.05, 0) is 42.8 Å². The molecule has 0 radical (unpaired) electrons. The number of aromatic nitrogens is 2. The number of aliphatic imine (C=N–C) groups is 2. The second-order valence-electron chi connectivity index (χ2n) is 8.43. The molecule has 2 N–H and O–H groups in total. The number of fused-ring (bicyclic) bond motifs is 1. The number of benzene rings is 1. The van der Waals surface area contributed by atoms with Crippen LogP contribution in [0.5, 0.6) is 0 Å². The predicted molar refractivity (Wildman–Crippen MR) is 137 cm³/mol. The van der Waals surface area contributed by atoms with E-state index in [-0.39, 0.29) is 11.9 Å². The molecule has 1 aromatic carbocycles. The summed E-state index contributed by atoms with van der Waals surface area (Å²) < 4.78 is 3.87. The molecular weight excluding hydrogens is 450 g/mol. The molecule has 4 rings (SSSR count). The van der Waals surface area contributed by atoms with E-state index in [2.05, 4.69) is 14.6 Å². The highest BCUT2D eigenvalue weighted by atomic mass is 35.5. The number of pyridine rings is 1. The molecule has 0 atom stereocenters. The molecule has 0 unspecified atom stereocenters. The minimum Gasteiger partial charge on any atom is -0.339 e. The summed E-state index contributed by atoms with van der Waals surface area (Å²) in [6.07, 6.45) is 2.14. The van der Waals surface area contributed by atoms with Crippen LogP contribution >= 0.6 is 11.6 Å². The molecule has 1 fully saturated rings. The zero-order valence-electron chi connectivity index (χ0n) is 19.5. The quantitative estimate of drug-likeness (QED) is 0.411. The SMILES string of the molecule is CN=C(C)n1c(=N)ccc2c1cc(C(=N)CC=NC1CN(C(C)=O)C1)n2Cc1cccc(Cl)c1. The fraction of sp³-hybridized carbons (Fsp3) is 0.320. The number of carbonyl (C=O) groups excluding carboxylic acids is 1. The van der Waals surface area contributed by atoms with Crippen LogP contribution in [0, 0.1) is 10.8 Å². The van der Waals surface area contributed by atoms with Gasteiger partial charge in [-0.2, -0.15) is 0 Å². The van der Waals surface area contributed by atoms with Crippen LogP contribution < -0.4 is 5.49 Å². The normalized spacial score (nSPS) is 14.7. The van der Waals surface area contributed by atoms with E-state index in [4.69, 9.17) is 22.4 Å². The molecule has 0 bridgehead atoms. The Kier molecular flexibility index (Phi) is 6.79. The Morgan fingerprint density at radius 1 is 1.18 bits per heavy atom.